The van der Waals surface area contributed by atoms with Crippen molar-refractivity contribution >= 4 is 33.2 Å². The third-order valence-electron chi connectivity index (χ3n) is 2.74. The first-order valence-corrected chi connectivity index (χ1v) is 6.93. The van der Waals surface area contributed by atoms with Crippen molar-refractivity contribution in [3.05, 3.63) is 34.8 Å². The van der Waals surface area contributed by atoms with E-state index in [0.717, 1.165) is 4.47 Å². The first kappa shape index (κ1) is 9.73. The third-order valence-corrected chi connectivity index (χ3v) is 4.58. The number of fused-ring (bicyclic) bond motifs is 1. The highest BCUT2D eigenvalue weighted by molar-refractivity contribution is 9.10. The normalized spacial score (nSPS) is 21.3. The zero-order chi connectivity index (χ0) is 10.3. The van der Waals surface area contributed by atoms with Gasteiger partial charge in [0.25, 0.3) is 0 Å². The van der Waals surface area contributed by atoms with E-state index in [1.165, 1.54) is 29.9 Å². The summed E-state index contributed by atoms with van der Waals surface area (Å²) in [5.74, 6) is 2.47. The molecule has 0 saturated carbocycles. The number of pyridine rings is 1. The van der Waals surface area contributed by atoms with Gasteiger partial charge in [-0.2, -0.15) is 11.8 Å². The van der Waals surface area contributed by atoms with Gasteiger partial charge in [-0.1, -0.05) is 0 Å². The van der Waals surface area contributed by atoms with Gasteiger partial charge in [-0.3, -0.25) is 0 Å². The summed E-state index contributed by atoms with van der Waals surface area (Å²) >= 11 is 5.53. The second-order valence-electron chi connectivity index (χ2n) is 3.76. The molecule has 1 unspecified atom stereocenters. The van der Waals surface area contributed by atoms with Crippen LogP contribution in [0.25, 0.3) is 5.52 Å². The molecule has 3 heterocycles. The number of nitrogens with zero attached hydrogens (tertiary/aromatic N) is 2. The van der Waals surface area contributed by atoms with Gasteiger partial charge >= 0.3 is 0 Å². The number of imidazole rings is 1. The molecule has 2 nitrogen and oxygen atoms in total. The lowest BCUT2D eigenvalue weighted by Gasteiger charge is -2.07. The molecule has 0 N–H and O–H groups in total. The molecular formula is C11H11BrN2S. The summed E-state index contributed by atoms with van der Waals surface area (Å²) < 4.78 is 3.31. The minimum absolute atomic E-state index is 0.585. The van der Waals surface area contributed by atoms with Crippen LogP contribution in [0.15, 0.2) is 29.0 Å². The average Bonchev–Trinajstić information content (AvgIpc) is 2.83. The van der Waals surface area contributed by atoms with Crippen LogP contribution in [0.3, 0.4) is 0 Å². The Morgan fingerprint density at radius 3 is 3.20 bits per heavy atom. The van der Waals surface area contributed by atoms with E-state index >= 15 is 0 Å². The summed E-state index contributed by atoms with van der Waals surface area (Å²) in [5, 5.41) is 0.585. The highest BCUT2D eigenvalue weighted by atomic mass is 79.9. The zero-order valence-electron chi connectivity index (χ0n) is 8.19. The SMILES string of the molecule is Brc1ccc2cnc(C3CCCS3)n2c1. The van der Waals surface area contributed by atoms with Crippen molar-refractivity contribution in [2.24, 2.45) is 0 Å². The van der Waals surface area contributed by atoms with Gasteiger partial charge in [0.15, 0.2) is 0 Å². The van der Waals surface area contributed by atoms with E-state index in [-0.39, 0.29) is 0 Å². The molecular weight excluding hydrogens is 272 g/mol. The molecule has 0 spiro atoms. The second-order valence-corrected chi connectivity index (χ2v) is 5.99. The predicted octanol–water partition coefficient (Wildman–Crippen LogP) is 3.66. The topological polar surface area (TPSA) is 17.3 Å². The van der Waals surface area contributed by atoms with Crippen LogP contribution in [0.1, 0.15) is 23.9 Å². The number of halogens is 1. The van der Waals surface area contributed by atoms with Crippen LogP contribution in [0.5, 0.6) is 0 Å². The van der Waals surface area contributed by atoms with Crippen LogP contribution < -0.4 is 0 Å². The van der Waals surface area contributed by atoms with Crippen molar-refractivity contribution in [2.75, 3.05) is 5.75 Å². The average molecular weight is 283 g/mol. The van der Waals surface area contributed by atoms with E-state index in [1.54, 1.807) is 0 Å². The Kier molecular flexibility index (Phi) is 2.48. The minimum atomic E-state index is 0.585. The fraction of sp³-hybridized carbons (Fsp3) is 0.364. The quantitative estimate of drug-likeness (QED) is 0.794. The Balaban J connectivity index is 2.13. The van der Waals surface area contributed by atoms with Gasteiger partial charge in [0.05, 0.1) is 17.0 Å². The van der Waals surface area contributed by atoms with E-state index in [4.69, 9.17) is 0 Å². The molecule has 1 fully saturated rings. The fourth-order valence-corrected chi connectivity index (χ4v) is 3.62. The summed E-state index contributed by atoms with van der Waals surface area (Å²) in [6.45, 7) is 0. The van der Waals surface area contributed by atoms with Gasteiger partial charge in [0.1, 0.15) is 5.82 Å². The van der Waals surface area contributed by atoms with Gasteiger partial charge in [-0.15, -0.1) is 0 Å². The summed E-state index contributed by atoms with van der Waals surface area (Å²) in [6.07, 6.45) is 6.64. The monoisotopic (exact) mass is 282 g/mol. The van der Waals surface area contributed by atoms with Crippen LogP contribution in [0.2, 0.25) is 0 Å². The molecule has 1 saturated heterocycles. The molecule has 0 radical (unpaired) electrons. The molecule has 2 aromatic rings. The maximum atomic E-state index is 4.54. The Labute approximate surface area is 101 Å². The highest BCUT2D eigenvalue weighted by Gasteiger charge is 2.21. The summed E-state index contributed by atoms with van der Waals surface area (Å²) in [4.78, 5) is 4.54. The highest BCUT2D eigenvalue weighted by Crippen LogP contribution is 2.39. The lowest BCUT2D eigenvalue weighted by Crippen LogP contribution is -1.97. The van der Waals surface area contributed by atoms with Crippen molar-refractivity contribution < 1.29 is 0 Å². The van der Waals surface area contributed by atoms with Crippen LogP contribution in [-0.2, 0) is 0 Å². The first-order chi connectivity index (χ1) is 7.34. The number of hydrogen-bond acceptors (Lipinski definition) is 2. The van der Waals surface area contributed by atoms with Crippen LogP contribution >= 0.6 is 27.7 Å². The van der Waals surface area contributed by atoms with Crippen molar-refractivity contribution in [2.45, 2.75) is 18.1 Å². The van der Waals surface area contributed by atoms with E-state index in [1.807, 2.05) is 18.0 Å². The van der Waals surface area contributed by atoms with Crippen molar-refractivity contribution in [1.29, 1.82) is 0 Å². The molecule has 15 heavy (non-hydrogen) atoms. The van der Waals surface area contributed by atoms with E-state index in [9.17, 15) is 0 Å². The second kappa shape index (κ2) is 3.83. The first-order valence-electron chi connectivity index (χ1n) is 5.09. The Morgan fingerprint density at radius 1 is 1.47 bits per heavy atom. The standard InChI is InChI=1S/C11H11BrN2S/c12-8-3-4-9-6-13-11(14(9)7-8)10-2-1-5-15-10/h3-4,6-7,10H,1-2,5H2. The van der Waals surface area contributed by atoms with Gasteiger partial charge < -0.3 is 4.40 Å². The number of rotatable bonds is 1. The molecule has 1 aliphatic rings. The number of aromatic nitrogens is 2. The predicted molar refractivity (Wildman–Crippen MR) is 67.3 cm³/mol. The van der Waals surface area contributed by atoms with Gasteiger partial charge in [0, 0.05) is 10.7 Å². The molecule has 0 aromatic carbocycles. The molecule has 2 aromatic heterocycles. The third kappa shape index (κ3) is 1.70. The van der Waals surface area contributed by atoms with E-state index in [2.05, 4.69) is 43.6 Å². The van der Waals surface area contributed by atoms with E-state index in [0.29, 0.717) is 5.25 Å². The summed E-state index contributed by atoms with van der Waals surface area (Å²) in [6, 6.07) is 4.16. The lowest BCUT2D eigenvalue weighted by molar-refractivity contribution is 0.774. The fourth-order valence-electron chi connectivity index (χ4n) is 2.00. The number of hydrogen-bond donors (Lipinski definition) is 0. The zero-order valence-corrected chi connectivity index (χ0v) is 10.6. The van der Waals surface area contributed by atoms with Gasteiger partial charge in [-0.05, 0) is 46.7 Å². The smallest absolute Gasteiger partial charge is 0.126 e. The molecule has 3 rings (SSSR count). The molecule has 1 atom stereocenters. The Hall–Kier alpha value is -0.480. The number of thioether (sulfide) groups is 1. The van der Waals surface area contributed by atoms with Crippen LogP contribution in [0, 0.1) is 0 Å². The van der Waals surface area contributed by atoms with E-state index < -0.39 is 0 Å². The van der Waals surface area contributed by atoms with Gasteiger partial charge in [0.2, 0.25) is 0 Å². The maximum Gasteiger partial charge on any atom is 0.126 e. The summed E-state index contributed by atoms with van der Waals surface area (Å²) in [7, 11) is 0. The van der Waals surface area contributed by atoms with Crippen molar-refractivity contribution in [3.63, 3.8) is 0 Å². The lowest BCUT2D eigenvalue weighted by atomic mass is 10.2. The van der Waals surface area contributed by atoms with Crippen molar-refractivity contribution in [3.8, 4) is 0 Å². The molecule has 0 bridgehead atoms. The Bertz CT molecular complexity index is 488. The largest absolute Gasteiger partial charge is 0.302 e. The summed E-state index contributed by atoms with van der Waals surface area (Å²) in [5.41, 5.74) is 1.18. The van der Waals surface area contributed by atoms with Crippen molar-refractivity contribution in [1.82, 2.24) is 9.38 Å². The minimum Gasteiger partial charge on any atom is -0.302 e. The van der Waals surface area contributed by atoms with Gasteiger partial charge in [-0.25, -0.2) is 4.98 Å². The molecule has 78 valence electrons. The molecule has 4 heteroatoms. The molecule has 1 aliphatic heterocycles. The maximum absolute atomic E-state index is 4.54. The molecule has 0 aliphatic carbocycles. The van der Waals surface area contributed by atoms with Crippen LogP contribution in [0.4, 0.5) is 0 Å². The molecule has 0 amide bonds. The van der Waals surface area contributed by atoms with Crippen LogP contribution in [-0.4, -0.2) is 15.1 Å². The Morgan fingerprint density at radius 2 is 2.40 bits per heavy atom.